The summed E-state index contributed by atoms with van der Waals surface area (Å²) in [5, 5.41) is 10.2. The standard InChI is InChI=1S/C24H29N3O2.C2HF3O2/c1-17(2)26-22(28)15-18-16-24(20-8-4-3-7-19(18)20)10-13-27(14-11-24)23(29)21-9-5-6-12-25-21;3-2(4,5)1(6)7/h3-9,12,17-18H,10-11,13-16H2,1-2H3,(H,26,28);(H,6,7). The number of benzene rings is 1. The smallest absolute Gasteiger partial charge is 0.475 e. The van der Waals surface area contributed by atoms with E-state index in [1.54, 1.807) is 12.3 Å². The molecule has 7 nitrogen and oxygen atoms in total. The van der Waals surface area contributed by atoms with E-state index in [9.17, 15) is 22.8 Å². The highest BCUT2D eigenvalue weighted by Gasteiger charge is 2.46. The highest BCUT2D eigenvalue weighted by molar-refractivity contribution is 5.92. The molecule has 2 N–H and O–H groups in total. The van der Waals surface area contributed by atoms with Crippen LogP contribution in [0.5, 0.6) is 0 Å². The number of pyridine rings is 1. The lowest BCUT2D eigenvalue weighted by molar-refractivity contribution is -0.192. The minimum atomic E-state index is -5.08. The fraction of sp³-hybridized carbons (Fsp3) is 0.462. The maximum atomic E-state index is 12.8. The molecule has 10 heteroatoms. The Hall–Kier alpha value is -3.43. The van der Waals surface area contributed by atoms with Gasteiger partial charge in [0.05, 0.1) is 0 Å². The zero-order valence-electron chi connectivity index (χ0n) is 20.2. The van der Waals surface area contributed by atoms with E-state index in [1.807, 2.05) is 30.9 Å². The molecule has 2 amide bonds. The highest BCUT2D eigenvalue weighted by atomic mass is 19.4. The molecule has 1 spiro atoms. The van der Waals surface area contributed by atoms with Gasteiger partial charge in [0.15, 0.2) is 0 Å². The second-order valence-electron chi connectivity index (χ2n) is 9.51. The summed E-state index contributed by atoms with van der Waals surface area (Å²) in [4.78, 5) is 40.2. The van der Waals surface area contributed by atoms with E-state index in [4.69, 9.17) is 9.90 Å². The molecule has 2 heterocycles. The number of halogens is 3. The molecule has 1 aromatic heterocycles. The summed E-state index contributed by atoms with van der Waals surface area (Å²) >= 11 is 0. The van der Waals surface area contributed by atoms with Crippen LogP contribution in [0.2, 0.25) is 0 Å². The Labute approximate surface area is 207 Å². The van der Waals surface area contributed by atoms with Crippen molar-refractivity contribution >= 4 is 17.8 Å². The number of hydrogen-bond donors (Lipinski definition) is 2. The number of nitrogens with zero attached hydrogens (tertiary/aromatic N) is 2. The average molecular weight is 506 g/mol. The summed E-state index contributed by atoms with van der Waals surface area (Å²) in [6, 6.07) is 14.2. The average Bonchev–Trinajstić information content (AvgIpc) is 3.11. The molecule has 1 saturated heterocycles. The number of aromatic nitrogens is 1. The highest BCUT2D eigenvalue weighted by Crippen LogP contribution is 2.52. The van der Waals surface area contributed by atoms with Crippen LogP contribution in [0.1, 0.15) is 67.1 Å². The third kappa shape index (κ3) is 6.41. The minimum absolute atomic E-state index is 0.0135. The minimum Gasteiger partial charge on any atom is -0.475 e. The van der Waals surface area contributed by atoms with Crippen molar-refractivity contribution in [2.24, 2.45) is 0 Å². The number of carbonyl (C=O) groups is 3. The van der Waals surface area contributed by atoms with E-state index in [2.05, 4.69) is 34.6 Å². The summed E-state index contributed by atoms with van der Waals surface area (Å²) < 4.78 is 31.7. The molecule has 0 saturated carbocycles. The number of likely N-dealkylation sites (tertiary alicyclic amines) is 1. The van der Waals surface area contributed by atoms with Gasteiger partial charge < -0.3 is 15.3 Å². The second kappa shape index (κ2) is 11.1. The first kappa shape index (κ1) is 27.2. The lowest BCUT2D eigenvalue weighted by Crippen LogP contribution is -2.44. The molecule has 36 heavy (non-hydrogen) atoms. The van der Waals surface area contributed by atoms with Crippen LogP contribution in [0, 0.1) is 0 Å². The van der Waals surface area contributed by atoms with Crippen LogP contribution >= 0.6 is 0 Å². The molecule has 1 atom stereocenters. The van der Waals surface area contributed by atoms with Crippen LogP contribution in [0.15, 0.2) is 48.7 Å². The Morgan fingerprint density at radius 3 is 2.28 bits per heavy atom. The SMILES string of the molecule is CC(C)NC(=O)CC1CC2(CCN(C(=O)c3ccccn3)CC2)c2ccccc21.O=C(O)C(F)(F)F. The second-order valence-corrected chi connectivity index (χ2v) is 9.51. The molecule has 4 rings (SSSR count). The molecule has 2 aliphatic rings. The number of aliphatic carboxylic acids is 1. The van der Waals surface area contributed by atoms with E-state index in [1.165, 1.54) is 11.1 Å². The van der Waals surface area contributed by atoms with Crippen LogP contribution in [-0.2, 0) is 15.0 Å². The Kier molecular flexibility index (Phi) is 8.37. The topological polar surface area (TPSA) is 99.6 Å². The number of carboxylic acid groups (broad SMARTS) is 1. The largest absolute Gasteiger partial charge is 0.490 e. The normalized spacial score (nSPS) is 18.3. The summed E-state index contributed by atoms with van der Waals surface area (Å²) in [6.07, 6.45) is -0.0224. The maximum absolute atomic E-state index is 12.8. The maximum Gasteiger partial charge on any atom is 0.490 e. The first-order valence-corrected chi connectivity index (χ1v) is 11.8. The van der Waals surface area contributed by atoms with Gasteiger partial charge in [-0.2, -0.15) is 13.2 Å². The van der Waals surface area contributed by atoms with E-state index < -0.39 is 12.1 Å². The van der Waals surface area contributed by atoms with Gasteiger partial charge in [0.1, 0.15) is 5.69 Å². The predicted molar refractivity (Wildman–Crippen MR) is 126 cm³/mol. The van der Waals surface area contributed by atoms with Crippen molar-refractivity contribution in [3.05, 3.63) is 65.5 Å². The molecular formula is C26H30F3N3O4. The lowest BCUT2D eigenvalue weighted by atomic mass is 9.73. The quantitative estimate of drug-likeness (QED) is 0.646. The van der Waals surface area contributed by atoms with Crippen molar-refractivity contribution in [3.63, 3.8) is 0 Å². The monoisotopic (exact) mass is 505 g/mol. The van der Waals surface area contributed by atoms with Crippen molar-refractivity contribution in [2.75, 3.05) is 13.1 Å². The van der Waals surface area contributed by atoms with Gasteiger partial charge in [0, 0.05) is 31.7 Å². The molecule has 1 fully saturated rings. The van der Waals surface area contributed by atoms with Crippen LogP contribution < -0.4 is 5.32 Å². The van der Waals surface area contributed by atoms with Crippen LogP contribution in [0.25, 0.3) is 0 Å². The zero-order valence-corrected chi connectivity index (χ0v) is 20.2. The zero-order chi connectivity index (χ0) is 26.5. The molecule has 1 aliphatic heterocycles. The number of rotatable bonds is 4. The number of piperidine rings is 1. The first-order chi connectivity index (χ1) is 16.9. The number of amides is 2. The number of nitrogens with one attached hydrogen (secondary N) is 1. The number of carbonyl (C=O) groups excluding carboxylic acids is 2. The van der Waals surface area contributed by atoms with Crippen molar-refractivity contribution in [2.45, 2.75) is 63.1 Å². The van der Waals surface area contributed by atoms with E-state index in [0.29, 0.717) is 12.1 Å². The Morgan fingerprint density at radius 1 is 1.11 bits per heavy atom. The molecular weight excluding hydrogens is 475 g/mol. The summed E-state index contributed by atoms with van der Waals surface area (Å²) in [6.45, 7) is 5.45. The van der Waals surface area contributed by atoms with Gasteiger partial charge >= 0.3 is 12.1 Å². The molecule has 1 aromatic carbocycles. The summed E-state index contributed by atoms with van der Waals surface area (Å²) in [5.41, 5.74) is 3.28. The van der Waals surface area contributed by atoms with Gasteiger partial charge in [-0.1, -0.05) is 30.3 Å². The molecule has 0 radical (unpaired) electrons. The lowest BCUT2D eigenvalue weighted by Gasteiger charge is -2.40. The Morgan fingerprint density at radius 2 is 1.72 bits per heavy atom. The predicted octanol–water partition coefficient (Wildman–Crippen LogP) is 4.29. The fourth-order valence-corrected chi connectivity index (χ4v) is 5.08. The van der Waals surface area contributed by atoms with Gasteiger partial charge in [0.25, 0.3) is 5.91 Å². The number of fused-ring (bicyclic) bond motifs is 2. The van der Waals surface area contributed by atoms with Crippen molar-refractivity contribution in [3.8, 4) is 0 Å². The number of alkyl halides is 3. The third-order valence-electron chi connectivity index (χ3n) is 6.62. The van der Waals surface area contributed by atoms with E-state index in [0.717, 1.165) is 32.4 Å². The van der Waals surface area contributed by atoms with Crippen molar-refractivity contribution in [1.29, 1.82) is 0 Å². The molecule has 2 aromatic rings. The summed E-state index contributed by atoms with van der Waals surface area (Å²) in [7, 11) is 0. The van der Waals surface area contributed by atoms with Gasteiger partial charge in [-0.05, 0) is 67.7 Å². The van der Waals surface area contributed by atoms with Crippen LogP contribution in [0.4, 0.5) is 13.2 Å². The first-order valence-electron chi connectivity index (χ1n) is 11.8. The molecule has 1 unspecified atom stereocenters. The molecule has 0 bridgehead atoms. The van der Waals surface area contributed by atoms with Crippen molar-refractivity contribution in [1.82, 2.24) is 15.2 Å². The van der Waals surface area contributed by atoms with Crippen LogP contribution in [-0.4, -0.2) is 58.1 Å². The fourth-order valence-electron chi connectivity index (χ4n) is 5.08. The van der Waals surface area contributed by atoms with E-state index in [-0.39, 0.29) is 29.2 Å². The summed E-state index contributed by atoms with van der Waals surface area (Å²) in [5.74, 6) is -2.37. The molecule has 194 valence electrons. The Balaban J connectivity index is 0.000000454. The van der Waals surface area contributed by atoms with E-state index >= 15 is 0 Å². The molecule has 1 aliphatic carbocycles. The van der Waals surface area contributed by atoms with Gasteiger partial charge in [-0.25, -0.2) is 4.79 Å². The van der Waals surface area contributed by atoms with Gasteiger partial charge in [0.2, 0.25) is 5.91 Å². The van der Waals surface area contributed by atoms with Crippen LogP contribution in [0.3, 0.4) is 0 Å². The number of carboxylic acids is 1. The third-order valence-corrected chi connectivity index (χ3v) is 6.62. The van der Waals surface area contributed by atoms with Gasteiger partial charge in [-0.15, -0.1) is 0 Å². The Bertz CT molecular complexity index is 1080. The van der Waals surface area contributed by atoms with Gasteiger partial charge in [-0.3, -0.25) is 14.6 Å². The number of hydrogen-bond acceptors (Lipinski definition) is 4. The van der Waals surface area contributed by atoms with Crippen molar-refractivity contribution < 1.29 is 32.7 Å².